The standard InChI is InChI=1S/C15H10Cl3F3N2/c1-8(11-7-10(16)3-5-12(11)17)22-23-14-6-9(15(19,20)21)2-4-13(14)18/h2-7,23H,1H3. The minimum Gasteiger partial charge on any atom is -0.277 e. The molecule has 23 heavy (non-hydrogen) atoms. The summed E-state index contributed by atoms with van der Waals surface area (Å²) >= 11 is 17.8. The summed E-state index contributed by atoms with van der Waals surface area (Å²) in [5.41, 5.74) is 2.76. The van der Waals surface area contributed by atoms with Crippen molar-refractivity contribution in [3.05, 3.63) is 62.6 Å². The highest BCUT2D eigenvalue weighted by Gasteiger charge is 2.30. The third kappa shape index (κ3) is 4.53. The lowest BCUT2D eigenvalue weighted by Gasteiger charge is -2.11. The van der Waals surface area contributed by atoms with Crippen LogP contribution in [0.25, 0.3) is 0 Å². The third-order valence-electron chi connectivity index (χ3n) is 2.96. The van der Waals surface area contributed by atoms with Crippen LogP contribution in [0.5, 0.6) is 0 Å². The van der Waals surface area contributed by atoms with E-state index >= 15 is 0 Å². The van der Waals surface area contributed by atoms with Crippen LogP contribution < -0.4 is 5.43 Å². The fourth-order valence-corrected chi connectivity index (χ4v) is 2.35. The van der Waals surface area contributed by atoms with Gasteiger partial charge in [-0.2, -0.15) is 18.3 Å². The Kier molecular flexibility index (Phi) is 5.45. The maximum absolute atomic E-state index is 12.7. The van der Waals surface area contributed by atoms with Crippen molar-refractivity contribution >= 4 is 46.2 Å². The number of rotatable bonds is 3. The molecule has 0 spiro atoms. The van der Waals surface area contributed by atoms with Crippen molar-refractivity contribution < 1.29 is 13.2 Å². The van der Waals surface area contributed by atoms with Crippen LogP contribution in [0.4, 0.5) is 18.9 Å². The number of alkyl halides is 3. The Hall–Kier alpha value is -1.43. The molecule has 0 aliphatic heterocycles. The molecule has 2 rings (SSSR count). The molecule has 0 aromatic heterocycles. The number of hydrazone groups is 1. The molecule has 0 fully saturated rings. The first-order valence-corrected chi connectivity index (χ1v) is 7.44. The Morgan fingerprint density at radius 1 is 1.00 bits per heavy atom. The molecule has 0 saturated carbocycles. The average molecular weight is 382 g/mol. The molecule has 0 radical (unpaired) electrons. The minimum atomic E-state index is -4.46. The van der Waals surface area contributed by atoms with Gasteiger partial charge < -0.3 is 0 Å². The average Bonchev–Trinajstić information content (AvgIpc) is 2.47. The van der Waals surface area contributed by atoms with Crippen LogP contribution in [0.1, 0.15) is 18.1 Å². The highest BCUT2D eigenvalue weighted by atomic mass is 35.5. The quantitative estimate of drug-likeness (QED) is 0.476. The van der Waals surface area contributed by atoms with E-state index in [1.54, 1.807) is 25.1 Å². The number of benzene rings is 2. The minimum absolute atomic E-state index is 0.0407. The lowest BCUT2D eigenvalue weighted by molar-refractivity contribution is -0.137. The molecule has 0 aliphatic rings. The van der Waals surface area contributed by atoms with Crippen LogP contribution in [0.2, 0.25) is 15.1 Å². The maximum atomic E-state index is 12.7. The van der Waals surface area contributed by atoms with Gasteiger partial charge in [0.25, 0.3) is 0 Å². The Bertz CT molecular complexity index is 758. The molecule has 122 valence electrons. The number of anilines is 1. The van der Waals surface area contributed by atoms with Crippen molar-refractivity contribution in [3.8, 4) is 0 Å². The molecule has 0 amide bonds. The van der Waals surface area contributed by atoms with Gasteiger partial charge in [-0.25, -0.2) is 0 Å². The largest absolute Gasteiger partial charge is 0.416 e. The molecule has 0 aliphatic carbocycles. The van der Waals surface area contributed by atoms with Gasteiger partial charge in [0.05, 0.1) is 22.0 Å². The molecule has 2 aromatic carbocycles. The van der Waals surface area contributed by atoms with Crippen LogP contribution >= 0.6 is 34.8 Å². The van der Waals surface area contributed by atoms with Crippen molar-refractivity contribution in [3.63, 3.8) is 0 Å². The normalized spacial score (nSPS) is 12.4. The number of halogens is 6. The van der Waals surface area contributed by atoms with Gasteiger partial charge in [0.15, 0.2) is 0 Å². The summed E-state index contributed by atoms with van der Waals surface area (Å²) in [5.74, 6) is 0. The van der Waals surface area contributed by atoms with E-state index in [9.17, 15) is 13.2 Å². The van der Waals surface area contributed by atoms with Crippen molar-refractivity contribution in [2.45, 2.75) is 13.1 Å². The van der Waals surface area contributed by atoms with Gasteiger partial charge in [0.1, 0.15) is 0 Å². The van der Waals surface area contributed by atoms with Gasteiger partial charge in [-0.3, -0.25) is 5.43 Å². The third-order valence-corrected chi connectivity index (χ3v) is 3.85. The zero-order chi connectivity index (χ0) is 17.2. The van der Waals surface area contributed by atoms with Crippen LogP contribution in [-0.2, 0) is 6.18 Å². The number of nitrogens with zero attached hydrogens (tertiary/aromatic N) is 1. The van der Waals surface area contributed by atoms with Crippen LogP contribution in [-0.4, -0.2) is 5.71 Å². The second kappa shape index (κ2) is 6.99. The summed E-state index contributed by atoms with van der Waals surface area (Å²) in [6, 6.07) is 7.78. The Morgan fingerprint density at radius 2 is 1.65 bits per heavy atom. The smallest absolute Gasteiger partial charge is 0.277 e. The number of hydrogen-bond donors (Lipinski definition) is 1. The van der Waals surface area contributed by atoms with Crippen LogP contribution in [0.15, 0.2) is 41.5 Å². The zero-order valence-electron chi connectivity index (χ0n) is 11.7. The Morgan fingerprint density at radius 3 is 2.30 bits per heavy atom. The van der Waals surface area contributed by atoms with Gasteiger partial charge in [-0.05, 0) is 43.3 Å². The predicted octanol–water partition coefficient (Wildman–Crippen LogP) is 6.50. The second-order valence-electron chi connectivity index (χ2n) is 4.63. The van der Waals surface area contributed by atoms with Crippen molar-refractivity contribution in [2.75, 3.05) is 5.43 Å². The molecule has 2 nitrogen and oxygen atoms in total. The van der Waals surface area contributed by atoms with Gasteiger partial charge >= 0.3 is 6.18 Å². The van der Waals surface area contributed by atoms with Crippen molar-refractivity contribution in [1.82, 2.24) is 0 Å². The van der Waals surface area contributed by atoms with E-state index in [1.807, 2.05) is 0 Å². The molecule has 1 N–H and O–H groups in total. The van der Waals surface area contributed by atoms with Crippen LogP contribution in [0.3, 0.4) is 0 Å². The van der Waals surface area contributed by atoms with E-state index in [0.29, 0.717) is 21.3 Å². The van der Waals surface area contributed by atoms with Gasteiger partial charge in [0.2, 0.25) is 0 Å². The van der Waals surface area contributed by atoms with E-state index in [-0.39, 0.29) is 10.7 Å². The number of nitrogens with one attached hydrogen (secondary N) is 1. The van der Waals surface area contributed by atoms with Crippen molar-refractivity contribution in [1.29, 1.82) is 0 Å². The molecule has 0 atom stereocenters. The molecule has 0 saturated heterocycles. The lowest BCUT2D eigenvalue weighted by Crippen LogP contribution is -2.06. The van der Waals surface area contributed by atoms with Gasteiger partial charge in [0, 0.05) is 15.6 Å². The van der Waals surface area contributed by atoms with E-state index in [1.165, 1.54) is 0 Å². The summed E-state index contributed by atoms with van der Waals surface area (Å²) in [4.78, 5) is 0. The van der Waals surface area contributed by atoms with E-state index in [2.05, 4.69) is 10.5 Å². The molecular formula is C15H10Cl3F3N2. The Labute approximate surface area is 145 Å². The summed E-state index contributed by atoms with van der Waals surface area (Å²) in [7, 11) is 0. The maximum Gasteiger partial charge on any atom is 0.416 e. The SMILES string of the molecule is CC(=NNc1cc(C(F)(F)F)ccc1Cl)c1cc(Cl)ccc1Cl. The summed E-state index contributed by atoms with van der Waals surface area (Å²) < 4.78 is 38.2. The molecular weight excluding hydrogens is 372 g/mol. The lowest BCUT2D eigenvalue weighted by atomic mass is 10.1. The highest BCUT2D eigenvalue weighted by Crippen LogP contribution is 2.34. The molecule has 0 bridgehead atoms. The molecule has 0 unspecified atom stereocenters. The first-order valence-electron chi connectivity index (χ1n) is 6.31. The van der Waals surface area contributed by atoms with Crippen molar-refractivity contribution in [2.24, 2.45) is 5.10 Å². The van der Waals surface area contributed by atoms with E-state index < -0.39 is 11.7 Å². The highest BCUT2D eigenvalue weighted by molar-refractivity contribution is 6.36. The van der Waals surface area contributed by atoms with Gasteiger partial charge in [-0.15, -0.1) is 0 Å². The second-order valence-corrected chi connectivity index (χ2v) is 5.88. The zero-order valence-corrected chi connectivity index (χ0v) is 13.9. The molecule has 0 heterocycles. The summed E-state index contributed by atoms with van der Waals surface area (Å²) in [6.07, 6.45) is -4.46. The van der Waals surface area contributed by atoms with Gasteiger partial charge in [-0.1, -0.05) is 34.8 Å². The van der Waals surface area contributed by atoms with E-state index in [0.717, 1.165) is 18.2 Å². The summed E-state index contributed by atoms with van der Waals surface area (Å²) in [5, 5.41) is 5.03. The first kappa shape index (κ1) is 17.9. The molecule has 8 heteroatoms. The van der Waals surface area contributed by atoms with Crippen LogP contribution in [0, 0.1) is 0 Å². The number of hydrogen-bond acceptors (Lipinski definition) is 2. The monoisotopic (exact) mass is 380 g/mol. The summed E-state index contributed by atoms with van der Waals surface area (Å²) in [6.45, 7) is 1.64. The van der Waals surface area contributed by atoms with E-state index in [4.69, 9.17) is 34.8 Å². The first-order chi connectivity index (χ1) is 10.7. The Balaban J connectivity index is 2.30. The molecule has 2 aromatic rings. The topological polar surface area (TPSA) is 24.4 Å². The predicted molar refractivity (Wildman–Crippen MR) is 88.7 cm³/mol. The fourth-order valence-electron chi connectivity index (χ4n) is 1.77. The fraction of sp³-hybridized carbons (Fsp3) is 0.133.